The van der Waals surface area contributed by atoms with Crippen molar-refractivity contribution < 1.29 is 9.90 Å². The van der Waals surface area contributed by atoms with Crippen LogP contribution in [0.5, 0.6) is 0 Å². The lowest BCUT2D eigenvalue weighted by Crippen LogP contribution is -2.18. The molecule has 0 aliphatic carbocycles. The lowest BCUT2D eigenvalue weighted by atomic mass is 10.1. The van der Waals surface area contributed by atoms with Gasteiger partial charge in [-0.05, 0) is 24.6 Å². The second kappa shape index (κ2) is 5.98. The van der Waals surface area contributed by atoms with Crippen LogP contribution in [0.3, 0.4) is 0 Å². The average molecular weight is 335 g/mol. The molecule has 2 heterocycles. The number of carboxylic acids is 1. The molecule has 8 nitrogen and oxygen atoms in total. The van der Waals surface area contributed by atoms with Crippen molar-refractivity contribution in [3.05, 3.63) is 63.7 Å². The van der Waals surface area contributed by atoms with E-state index < -0.39 is 5.97 Å². The molecule has 124 valence electrons. The van der Waals surface area contributed by atoms with Crippen LogP contribution in [0, 0.1) is 18.3 Å². The number of hydrogen-bond donors (Lipinski definition) is 3. The van der Waals surface area contributed by atoms with E-state index in [1.54, 1.807) is 31.2 Å². The fourth-order valence-electron chi connectivity index (χ4n) is 2.52. The number of nitrogen functional groups attached to an aromatic ring is 1. The highest BCUT2D eigenvalue weighted by molar-refractivity contribution is 5.93. The maximum absolute atomic E-state index is 12.7. The largest absolute Gasteiger partial charge is 0.478 e. The maximum Gasteiger partial charge on any atom is 0.339 e. The van der Waals surface area contributed by atoms with E-state index in [0.29, 0.717) is 22.4 Å². The third kappa shape index (κ3) is 2.74. The number of aromatic nitrogens is 3. The molecular formula is C17H13N5O3. The first kappa shape index (κ1) is 16.0. The van der Waals surface area contributed by atoms with Crippen molar-refractivity contribution in [1.82, 2.24) is 14.8 Å². The molecule has 2 aromatic heterocycles. The van der Waals surface area contributed by atoms with Crippen LogP contribution in [0.4, 0.5) is 5.69 Å². The van der Waals surface area contributed by atoms with Gasteiger partial charge in [0.05, 0.1) is 22.9 Å². The first-order valence-electron chi connectivity index (χ1n) is 7.23. The highest BCUT2D eigenvalue weighted by Gasteiger charge is 2.17. The number of H-pyrrole nitrogens is 1. The summed E-state index contributed by atoms with van der Waals surface area (Å²) in [5, 5.41) is 20.8. The summed E-state index contributed by atoms with van der Waals surface area (Å²) < 4.78 is 1.20. The summed E-state index contributed by atoms with van der Waals surface area (Å²) in [6.45, 7) is 1.74. The zero-order valence-corrected chi connectivity index (χ0v) is 13.1. The molecule has 25 heavy (non-hydrogen) atoms. The van der Waals surface area contributed by atoms with Crippen molar-refractivity contribution in [2.24, 2.45) is 0 Å². The van der Waals surface area contributed by atoms with Crippen LogP contribution >= 0.6 is 0 Å². The van der Waals surface area contributed by atoms with E-state index in [1.807, 2.05) is 6.07 Å². The molecule has 0 amide bonds. The van der Waals surface area contributed by atoms with Gasteiger partial charge in [-0.2, -0.15) is 5.26 Å². The molecule has 1 aromatic carbocycles. The number of nitrogens with zero attached hydrogens (tertiary/aromatic N) is 3. The number of benzene rings is 1. The van der Waals surface area contributed by atoms with Gasteiger partial charge in [0, 0.05) is 18.0 Å². The zero-order chi connectivity index (χ0) is 18.1. The number of anilines is 1. The molecular weight excluding hydrogens is 322 g/mol. The van der Waals surface area contributed by atoms with Crippen molar-refractivity contribution in [2.75, 3.05) is 5.73 Å². The lowest BCUT2D eigenvalue weighted by Gasteiger charge is -2.04. The van der Waals surface area contributed by atoms with Crippen LogP contribution < -0.4 is 11.3 Å². The summed E-state index contributed by atoms with van der Waals surface area (Å²) in [5.41, 5.74) is 7.45. The van der Waals surface area contributed by atoms with Crippen LogP contribution in [0.1, 0.15) is 21.6 Å². The van der Waals surface area contributed by atoms with Gasteiger partial charge >= 0.3 is 5.97 Å². The molecule has 0 fully saturated rings. The highest BCUT2D eigenvalue weighted by Crippen LogP contribution is 2.21. The van der Waals surface area contributed by atoms with Gasteiger partial charge in [-0.3, -0.25) is 9.89 Å². The molecule has 0 saturated heterocycles. The number of aromatic carboxylic acids is 1. The van der Waals surface area contributed by atoms with Gasteiger partial charge in [-0.25, -0.2) is 14.5 Å². The first-order chi connectivity index (χ1) is 11.9. The Morgan fingerprint density at radius 2 is 2.04 bits per heavy atom. The number of aryl methyl sites for hydroxylation is 1. The Hall–Kier alpha value is -3.86. The minimum Gasteiger partial charge on any atom is -0.478 e. The summed E-state index contributed by atoms with van der Waals surface area (Å²) >= 11 is 0. The van der Waals surface area contributed by atoms with Crippen LogP contribution in [0.2, 0.25) is 0 Å². The Balaban J connectivity index is 2.11. The van der Waals surface area contributed by atoms with Crippen molar-refractivity contribution in [2.45, 2.75) is 6.92 Å². The zero-order valence-electron chi connectivity index (χ0n) is 13.1. The fourth-order valence-corrected chi connectivity index (χ4v) is 2.52. The molecule has 4 N–H and O–H groups in total. The number of carboxylic acid groups (broad SMARTS) is 1. The summed E-state index contributed by atoms with van der Waals surface area (Å²) in [7, 11) is 0. The van der Waals surface area contributed by atoms with Crippen LogP contribution in [0.15, 0.2) is 41.3 Å². The Morgan fingerprint density at radius 1 is 1.36 bits per heavy atom. The smallest absolute Gasteiger partial charge is 0.339 e. The second-order valence-electron chi connectivity index (χ2n) is 5.38. The van der Waals surface area contributed by atoms with E-state index in [9.17, 15) is 9.59 Å². The average Bonchev–Trinajstić information content (AvgIpc) is 2.89. The van der Waals surface area contributed by atoms with E-state index in [4.69, 9.17) is 16.1 Å². The van der Waals surface area contributed by atoms with E-state index in [1.165, 1.54) is 10.7 Å². The van der Waals surface area contributed by atoms with E-state index in [-0.39, 0.29) is 22.6 Å². The quantitative estimate of drug-likeness (QED) is 0.666. The van der Waals surface area contributed by atoms with Crippen molar-refractivity contribution in [3.8, 4) is 23.0 Å². The van der Waals surface area contributed by atoms with Crippen molar-refractivity contribution in [1.29, 1.82) is 5.26 Å². The van der Waals surface area contributed by atoms with Gasteiger partial charge in [0.15, 0.2) is 5.82 Å². The Labute approximate surface area is 141 Å². The first-order valence-corrected chi connectivity index (χ1v) is 7.23. The van der Waals surface area contributed by atoms with Gasteiger partial charge < -0.3 is 10.8 Å². The number of nitriles is 1. The Kier molecular flexibility index (Phi) is 3.83. The van der Waals surface area contributed by atoms with Crippen molar-refractivity contribution in [3.63, 3.8) is 0 Å². The van der Waals surface area contributed by atoms with Gasteiger partial charge in [0.25, 0.3) is 5.56 Å². The van der Waals surface area contributed by atoms with E-state index in [2.05, 4.69) is 10.1 Å². The minimum atomic E-state index is -1.19. The normalized spacial score (nSPS) is 10.4. The molecule has 0 aliphatic rings. The fraction of sp³-hybridized carbons (Fsp3) is 0.0588. The highest BCUT2D eigenvalue weighted by atomic mass is 16.4. The second-order valence-corrected chi connectivity index (χ2v) is 5.38. The molecule has 0 unspecified atom stereocenters. The predicted octanol–water partition coefficient (Wildman–Crippen LogP) is 1.69. The van der Waals surface area contributed by atoms with Gasteiger partial charge in [-0.15, -0.1) is 0 Å². The summed E-state index contributed by atoms with van der Waals surface area (Å²) in [4.78, 5) is 27.8. The number of rotatable bonds is 3. The van der Waals surface area contributed by atoms with Crippen LogP contribution in [-0.4, -0.2) is 25.8 Å². The number of pyridine rings is 1. The molecule has 0 atom stereocenters. The Morgan fingerprint density at radius 3 is 2.60 bits per heavy atom. The monoisotopic (exact) mass is 335 g/mol. The number of nitrogens with two attached hydrogens (primary N) is 1. The maximum atomic E-state index is 12.7. The topological polar surface area (TPSA) is 138 Å². The number of aromatic amines is 1. The van der Waals surface area contributed by atoms with Crippen molar-refractivity contribution >= 4 is 11.7 Å². The van der Waals surface area contributed by atoms with E-state index in [0.717, 1.165) is 6.20 Å². The van der Waals surface area contributed by atoms with Gasteiger partial charge in [-0.1, -0.05) is 12.1 Å². The number of nitrogens with one attached hydrogen (secondary N) is 1. The molecule has 0 spiro atoms. The molecule has 3 rings (SSSR count). The third-order valence-corrected chi connectivity index (χ3v) is 3.76. The molecule has 0 bridgehead atoms. The summed E-state index contributed by atoms with van der Waals surface area (Å²) in [6, 6.07) is 9.98. The van der Waals surface area contributed by atoms with E-state index >= 15 is 0 Å². The molecule has 0 saturated carbocycles. The standard InChI is InChI=1S/C17H13N5O3/c1-9-15(11-4-2-10(7-18)3-5-11)16(23)22(21-9)14-6-13(19)12(8-20-14)17(24)25/h2-6,8,21H,1H3,(H2,19,20)(H,24,25). The lowest BCUT2D eigenvalue weighted by molar-refractivity contribution is 0.0697. The predicted molar refractivity (Wildman–Crippen MR) is 90.4 cm³/mol. The molecule has 8 heteroatoms. The SMILES string of the molecule is Cc1[nH]n(-c2cc(N)c(C(=O)O)cn2)c(=O)c1-c1ccc(C#N)cc1. The molecule has 0 aliphatic heterocycles. The summed E-state index contributed by atoms with van der Waals surface area (Å²) in [6.07, 6.45) is 1.11. The Bertz CT molecular complexity index is 1070. The minimum absolute atomic E-state index is 0.0107. The van der Waals surface area contributed by atoms with Crippen LogP contribution in [-0.2, 0) is 0 Å². The van der Waals surface area contributed by atoms with Gasteiger partial charge in [0.1, 0.15) is 5.56 Å². The number of hydrogen-bond acceptors (Lipinski definition) is 5. The number of carbonyl (C=O) groups is 1. The third-order valence-electron chi connectivity index (χ3n) is 3.76. The summed E-state index contributed by atoms with van der Waals surface area (Å²) in [5.74, 6) is -1.000. The molecule has 0 radical (unpaired) electrons. The molecule has 3 aromatic rings. The van der Waals surface area contributed by atoms with Crippen LogP contribution in [0.25, 0.3) is 16.9 Å². The van der Waals surface area contributed by atoms with Gasteiger partial charge in [0.2, 0.25) is 0 Å².